The number of cyclic esters (lactones) is 2. The van der Waals surface area contributed by atoms with Crippen LogP contribution in [0.3, 0.4) is 0 Å². The summed E-state index contributed by atoms with van der Waals surface area (Å²) >= 11 is 0. The lowest BCUT2D eigenvalue weighted by atomic mass is 9.76. The van der Waals surface area contributed by atoms with E-state index in [1.165, 1.54) is 0 Å². The summed E-state index contributed by atoms with van der Waals surface area (Å²) in [5, 5.41) is 0. The zero-order chi connectivity index (χ0) is 8.72. The Balaban J connectivity index is 2.17. The third-order valence-electron chi connectivity index (χ3n) is 2.92. The number of rotatable bonds is 0. The van der Waals surface area contributed by atoms with Gasteiger partial charge in [-0.25, -0.2) is 0 Å². The first kappa shape index (κ1) is 7.77. The monoisotopic (exact) mass is 168 g/mol. The number of fused-ring (bicyclic) bond motifs is 1. The summed E-state index contributed by atoms with van der Waals surface area (Å²) < 4.78 is 4.58. The maximum absolute atomic E-state index is 11.1. The van der Waals surface area contributed by atoms with Crippen LogP contribution in [0.25, 0.3) is 0 Å². The Morgan fingerprint density at radius 3 is 2.58 bits per heavy atom. The van der Waals surface area contributed by atoms with Gasteiger partial charge >= 0.3 is 11.9 Å². The van der Waals surface area contributed by atoms with Gasteiger partial charge in [0.15, 0.2) is 0 Å². The second-order valence-corrected chi connectivity index (χ2v) is 3.87. The number of esters is 2. The van der Waals surface area contributed by atoms with E-state index < -0.39 is 0 Å². The molecule has 12 heavy (non-hydrogen) atoms. The molecule has 0 amide bonds. The largest absolute Gasteiger partial charge is 0.393 e. The van der Waals surface area contributed by atoms with Gasteiger partial charge in [-0.05, 0) is 25.2 Å². The molecule has 0 spiro atoms. The Kier molecular flexibility index (Phi) is 1.67. The molecule has 2 fully saturated rings. The zero-order valence-corrected chi connectivity index (χ0v) is 7.08. The van der Waals surface area contributed by atoms with Crippen molar-refractivity contribution in [2.75, 3.05) is 0 Å². The summed E-state index contributed by atoms with van der Waals surface area (Å²) in [5.74, 6) is -0.270. The molecule has 0 bridgehead atoms. The van der Waals surface area contributed by atoms with Crippen LogP contribution in [0.1, 0.15) is 26.2 Å². The molecule has 1 saturated carbocycles. The van der Waals surface area contributed by atoms with Crippen LogP contribution in [0.5, 0.6) is 0 Å². The molecule has 66 valence electrons. The van der Waals surface area contributed by atoms with Gasteiger partial charge in [-0.3, -0.25) is 9.59 Å². The molecule has 0 radical (unpaired) electrons. The van der Waals surface area contributed by atoms with E-state index >= 15 is 0 Å². The van der Waals surface area contributed by atoms with Crippen molar-refractivity contribution >= 4 is 11.9 Å². The quantitative estimate of drug-likeness (QED) is 0.402. The molecule has 1 saturated heterocycles. The molecule has 0 unspecified atom stereocenters. The van der Waals surface area contributed by atoms with Crippen LogP contribution in [0.15, 0.2) is 0 Å². The van der Waals surface area contributed by atoms with Crippen molar-refractivity contribution in [2.24, 2.45) is 17.8 Å². The molecule has 3 heteroatoms. The molecule has 0 aromatic rings. The number of carbonyl (C=O) groups is 2. The molecule has 0 aromatic carbocycles. The molecule has 0 aromatic heterocycles. The first-order valence-corrected chi connectivity index (χ1v) is 4.44. The van der Waals surface area contributed by atoms with Crippen LogP contribution in [-0.4, -0.2) is 11.9 Å². The van der Waals surface area contributed by atoms with Gasteiger partial charge in [-0.2, -0.15) is 0 Å². The fourth-order valence-corrected chi connectivity index (χ4v) is 2.17. The Hall–Kier alpha value is -0.860. The summed E-state index contributed by atoms with van der Waals surface area (Å²) in [5.41, 5.74) is 0. The van der Waals surface area contributed by atoms with E-state index in [0.717, 1.165) is 19.3 Å². The summed E-state index contributed by atoms with van der Waals surface area (Å²) in [6, 6.07) is 0. The summed E-state index contributed by atoms with van der Waals surface area (Å²) in [4.78, 5) is 22.2. The third-order valence-corrected chi connectivity index (χ3v) is 2.92. The van der Waals surface area contributed by atoms with Crippen molar-refractivity contribution in [1.29, 1.82) is 0 Å². The number of ether oxygens (including phenoxy) is 1. The predicted molar refractivity (Wildman–Crippen MR) is 41.1 cm³/mol. The van der Waals surface area contributed by atoms with Crippen LogP contribution in [0.4, 0.5) is 0 Å². The molecule has 3 atom stereocenters. The Bertz CT molecular complexity index is 234. The first-order valence-electron chi connectivity index (χ1n) is 4.44. The van der Waals surface area contributed by atoms with E-state index in [1.807, 2.05) is 0 Å². The minimum absolute atomic E-state index is 0.117. The molecule has 3 nitrogen and oxygen atoms in total. The second kappa shape index (κ2) is 2.57. The van der Waals surface area contributed by atoms with Gasteiger partial charge in [0, 0.05) is 0 Å². The highest BCUT2D eigenvalue weighted by molar-refractivity contribution is 5.96. The van der Waals surface area contributed by atoms with Crippen molar-refractivity contribution in [3.63, 3.8) is 0 Å². The van der Waals surface area contributed by atoms with Gasteiger partial charge < -0.3 is 4.74 Å². The van der Waals surface area contributed by atoms with E-state index in [2.05, 4.69) is 11.7 Å². The summed E-state index contributed by atoms with van der Waals surface area (Å²) in [6.07, 6.45) is 2.70. The minimum Gasteiger partial charge on any atom is -0.393 e. The maximum atomic E-state index is 11.1. The lowest BCUT2D eigenvalue weighted by Gasteiger charge is -2.24. The highest BCUT2D eigenvalue weighted by atomic mass is 16.6. The molecular weight excluding hydrogens is 156 g/mol. The fourth-order valence-electron chi connectivity index (χ4n) is 2.17. The van der Waals surface area contributed by atoms with Gasteiger partial charge in [-0.1, -0.05) is 6.92 Å². The summed E-state index contributed by atoms with van der Waals surface area (Å²) in [6.45, 7) is 2.12. The van der Waals surface area contributed by atoms with E-state index in [9.17, 15) is 9.59 Å². The summed E-state index contributed by atoms with van der Waals surface area (Å²) in [7, 11) is 0. The van der Waals surface area contributed by atoms with Crippen molar-refractivity contribution < 1.29 is 14.3 Å². The number of carbonyl (C=O) groups excluding carboxylic acids is 2. The molecule has 1 aliphatic heterocycles. The topological polar surface area (TPSA) is 43.4 Å². The van der Waals surface area contributed by atoms with Crippen LogP contribution < -0.4 is 0 Å². The molecule has 1 heterocycles. The van der Waals surface area contributed by atoms with Crippen LogP contribution in [-0.2, 0) is 14.3 Å². The third kappa shape index (κ3) is 1.04. The van der Waals surface area contributed by atoms with Crippen molar-refractivity contribution in [1.82, 2.24) is 0 Å². The fraction of sp³-hybridized carbons (Fsp3) is 0.778. The lowest BCUT2D eigenvalue weighted by molar-refractivity contribution is -0.153. The Morgan fingerprint density at radius 2 is 1.83 bits per heavy atom. The standard InChI is InChI=1S/C9H12O3/c1-5-2-3-6-7(4-5)9(11)12-8(6)10/h5-7H,2-4H2,1H3/t5-,6+,7+/m0/s1. The van der Waals surface area contributed by atoms with Crippen molar-refractivity contribution in [2.45, 2.75) is 26.2 Å². The molecule has 0 N–H and O–H groups in total. The van der Waals surface area contributed by atoms with Crippen molar-refractivity contribution in [3.8, 4) is 0 Å². The molecular formula is C9H12O3. The van der Waals surface area contributed by atoms with E-state index in [4.69, 9.17) is 0 Å². The highest BCUT2D eigenvalue weighted by Crippen LogP contribution is 2.38. The second-order valence-electron chi connectivity index (χ2n) is 3.87. The van der Waals surface area contributed by atoms with Gasteiger partial charge in [0.1, 0.15) is 0 Å². The maximum Gasteiger partial charge on any atom is 0.317 e. The van der Waals surface area contributed by atoms with Crippen molar-refractivity contribution in [3.05, 3.63) is 0 Å². The zero-order valence-electron chi connectivity index (χ0n) is 7.08. The van der Waals surface area contributed by atoms with Gasteiger partial charge in [0.05, 0.1) is 11.8 Å². The highest BCUT2D eigenvalue weighted by Gasteiger charge is 2.46. The normalized spacial score (nSPS) is 40.9. The first-order chi connectivity index (χ1) is 5.68. The number of hydrogen-bond acceptors (Lipinski definition) is 3. The number of hydrogen-bond donors (Lipinski definition) is 0. The average molecular weight is 168 g/mol. The smallest absolute Gasteiger partial charge is 0.317 e. The lowest BCUT2D eigenvalue weighted by Crippen LogP contribution is -2.25. The molecule has 2 aliphatic rings. The van der Waals surface area contributed by atoms with E-state index in [1.54, 1.807) is 0 Å². The predicted octanol–water partition coefficient (Wildman–Crippen LogP) is 1.12. The van der Waals surface area contributed by atoms with Crippen LogP contribution >= 0.6 is 0 Å². The Morgan fingerprint density at radius 1 is 1.17 bits per heavy atom. The van der Waals surface area contributed by atoms with E-state index in [-0.39, 0.29) is 23.8 Å². The van der Waals surface area contributed by atoms with Crippen LogP contribution in [0, 0.1) is 17.8 Å². The Labute approximate surface area is 71.1 Å². The van der Waals surface area contributed by atoms with Gasteiger partial charge in [0.25, 0.3) is 0 Å². The molecule has 2 rings (SSSR count). The SMILES string of the molecule is C[C@H]1CC[C@H]2C(=O)OC(=O)[C@@H]2C1. The van der Waals surface area contributed by atoms with Gasteiger partial charge in [-0.15, -0.1) is 0 Å². The van der Waals surface area contributed by atoms with Crippen LogP contribution in [0.2, 0.25) is 0 Å². The average Bonchev–Trinajstić information content (AvgIpc) is 2.28. The van der Waals surface area contributed by atoms with Gasteiger partial charge in [0.2, 0.25) is 0 Å². The molecule has 1 aliphatic carbocycles. The van der Waals surface area contributed by atoms with E-state index in [0.29, 0.717) is 5.92 Å². The minimum atomic E-state index is -0.295.